The Labute approximate surface area is 114 Å². The quantitative estimate of drug-likeness (QED) is 0.903. The van der Waals surface area contributed by atoms with Crippen molar-refractivity contribution in [3.8, 4) is 5.75 Å². The molecule has 1 aromatic carbocycles. The van der Waals surface area contributed by atoms with Crippen molar-refractivity contribution in [1.82, 2.24) is 5.32 Å². The van der Waals surface area contributed by atoms with E-state index in [1.165, 1.54) is 18.2 Å². The summed E-state index contributed by atoms with van der Waals surface area (Å²) in [6, 6.07) is 8.27. The SMILES string of the molecule is C[C@@H](NC(=O)c1ccc(O)c(Cl)c1)c1cccs1. The van der Waals surface area contributed by atoms with Crippen LogP contribution in [0.4, 0.5) is 0 Å². The molecular formula is C13H12ClNO2S. The minimum Gasteiger partial charge on any atom is -0.506 e. The van der Waals surface area contributed by atoms with Gasteiger partial charge in [-0.1, -0.05) is 17.7 Å². The number of phenols is 1. The molecule has 0 spiro atoms. The fourth-order valence-corrected chi connectivity index (χ4v) is 2.45. The first-order valence-electron chi connectivity index (χ1n) is 5.40. The highest BCUT2D eigenvalue weighted by Crippen LogP contribution is 2.24. The number of rotatable bonds is 3. The van der Waals surface area contributed by atoms with Crippen molar-refractivity contribution in [3.63, 3.8) is 0 Å². The Morgan fingerprint density at radius 1 is 1.44 bits per heavy atom. The van der Waals surface area contributed by atoms with Gasteiger partial charge in [0.2, 0.25) is 0 Å². The molecule has 18 heavy (non-hydrogen) atoms. The van der Waals surface area contributed by atoms with Crippen molar-refractivity contribution >= 4 is 28.8 Å². The minimum absolute atomic E-state index is 0.0282. The fraction of sp³-hybridized carbons (Fsp3) is 0.154. The van der Waals surface area contributed by atoms with Gasteiger partial charge in [0.1, 0.15) is 5.75 Å². The standard InChI is InChI=1S/C13H12ClNO2S/c1-8(12-3-2-6-18-12)15-13(17)9-4-5-11(16)10(14)7-9/h2-8,16H,1H3,(H,15,17)/t8-/m1/s1. The van der Waals surface area contributed by atoms with Crippen molar-refractivity contribution in [2.75, 3.05) is 0 Å². The van der Waals surface area contributed by atoms with Crippen molar-refractivity contribution in [2.24, 2.45) is 0 Å². The molecule has 1 atom stereocenters. The topological polar surface area (TPSA) is 49.3 Å². The Kier molecular flexibility index (Phi) is 3.89. The number of carbonyl (C=O) groups is 1. The highest BCUT2D eigenvalue weighted by Gasteiger charge is 2.13. The Hall–Kier alpha value is -1.52. The number of benzene rings is 1. The van der Waals surface area contributed by atoms with Gasteiger partial charge in [-0.05, 0) is 36.6 Å². The molecule has 0 bridgehead atoms. The van der Waals surface area contributed by atoms with E-state index >= 15 is 0 Å². The molecule has 0 aliphatic carbocycles. The average molecular weight is 282 g/mol. The van der Waals surface area contributed by atoms with Gasteiger partial charge in [-0.3, -0.25) is 4.79 Å². The van der Waals surface area contributed by atoms with Crippen LogP contribution in [0.25, 0.3) is 0 Å². The van der Waals surface area contributed by atoms with Gasteiger partial charge >= 0.3 is 0 Å². The second-order valence-corrected chi connectivity index (χ2v) is 5.26. The summed E-state index contributed by atoms with van der Waals surface area (Å²) >= 11 is 7.36. The third-order valence-corrected chi connectivity index (χ3v) is 3.89. The molecule has 0 aliphatic rings. The Bertz CT molecular complexity index is 554. The summed E-state index contributed by atoms with van der Waals surface area (Å²) in [7, 11) is 0. The van der Waals surface area contributed by atoms with Crippen molar-refractivity contribution in [1.29, 1.82) is 0 Å². The van der Waals surface area contributed by atoms with E-state index < -0.39 is 0 Å². The molecule has 1 heterocycles. The number of carbonyl (C=O) groups excluding carboxylic acids is 1. The van der Waals surface area contributed by atoms with Crippen molar-refractivity contribution in [3.05, 3.63) is 51.2 Å². The highest BCUT2D eigenvalue weighted by atomic mass is 35.5. The summed E-state index contributed by atoms with van der Waals surface area (Å²) < 4.78 is 0. The first kappa shape index (κ1) is 12.9. The van der Waals surface area contributed by atoms with E-state index in [-0.39, 0.29) is 22.7 Å². The van der Waals surface area contributed by atoms with Gasteiger partial charge in [-0.15, -0.1) is 11.3 Å². The molecule has 0 radical (unpaired) electrons. The summed E-state index contributed by atoms with van der Waals surface area (Å²) in [6.45, 7) is 1.92. The maximum Gasteiger partial charge on any atom is 0.251 e. The van der Waals surface area contributed by atoms with E-state index in [4.69, 9.17) is 11.6 Å². The summed E-state index contributed by atoms with van der Waals surface area (Å²) in [4.78, 5) is 13.1. The van der Waals surface area contributed by atoms with E-state index in [1.807, 2.05) is 24.4 Å². The van der Waals surface area contributed by atoms with Crippen LogP contribution in [0.2, 0.25) is 5.02 Å². The van der Waals surface area contributed by atoms with Crippen molar-refractivity contribution < 1.29 is 9.90 Å². The third-order valence-electron chi connectivity index (χ3n) is 2.53. The Balaban J connectivity index is 2.10. The average Bonchev–Trinajstić information content (AvgIpc) is 2.86. The summed E-state index contributed by atoms with van der Waals surface area (Å²) in [6.07, 6.45) is 0. The Morgan fingerprint density at radius 3 is 2.83 bits per heavy atom. The molecule has 0 saturated carbocycles. The van der Waals surface area contributed by atoms with Crippen LogP contribution < -0.4 is 5.32 Å². The number of hydrogen-bond acceptors (Lipinski definition) is 3. The molecule has 1 aromatic heterocycles. The monoisotopic (exact) mass is 281 g/mol. The van der Waals surface area contributed by atoms with E-state index in [0.717, 1.165) is 4.88 Å². The minimum atomic E-state index is -0.210. The Morgan fingerprint density at radius 2 is 2.22 bits per heavy atom. The van der Waals surface area contributed by atoms with Gasteiger partial charge in [0.05, 0.1) is 11.1 Å². The molecule has 5 heteroatoms. The summed E-state index contributed by atoms with van der Waals surface area (Å²) in [5.41, 5.74) is 0.432. The van der Waals surface area contributed by atoms with Crippen LogP contribution in [0.15, 0.2) is 35.7 Å². The molecule has 0 aliphatic heterocycles. The predicted molar refractivity (Wildman–Crippen MR) is 73.3 cm³/mol. The third kappa shape index (κ3) is 2.83. The zero-order valence-corrected chi connectivity index (χ0v) is 11.3. The molecule has 0 unspecified atom stereocenters. The number of halogens is 1. The fourth-order valence-electron chi connectivity index (χ4n) is 1.54. The van der Waals surface area contributed by atoms with Crippen LogP contribution in [0.1, 0.15) is 28.2 Å². The highest BCUT2D eigenvalue weighted by molar-refractivity contribution is 7.10. The van der Waals surface area contributed by atoms with Gasteiger partial charge in [0.15, 0.2) is 0 Å². The van der Waals surface area contributed by atoms with Gasteiger partial charge in [0, 0.05) is 10.4 Å². The number of thiophene rings is 1. The molecule has 2 aromatic rings. The molecule has 94 valence electrons. The van der Waals surface area contributed by atoms with Gasteiger partial charge < -0.3 is 10.4 Å². The smallest absolute Gasteiger partial charge is 0.251 e. The van der Waals surface area contributed by atoms with E-state index in [0.29, 0.717) is 5.56 Å². The molecule has 2 rings (SSSR count). The molecular weight excluding hydrogens is 270 g/mol. The number of phenolic OH excluding ortho intramolecular Hbond substituents is 1. The lowest BCUT2D eigenvalue weighted by Gasteiger charge is -2.12. The number of hydrogen-bond donors (Lipinski definition) is 2. The molecule has 1 amide bonds. The van der Waals surface area contributed by atoms with Gasteiger partial charge in [-0.25, -0.2) is 0 Å². The number of amides is 1. The van der Waals surface area contributed by atoms with Crippen LogP contribution in [0, 0.1) is 0 Å². The second-order valence-electron chi connectivity index (χ2n) is 3.88. The molecule has 3 nitrogen and oxygen atoms in total. The largest absolute Gasteiger partial charge is 0.506 e. The summed E-state index contributed by atoms with van der Waals surface area (Å²) in [5, 5.41) is 14.3. The maximum absolute atomic E-state index is 12.0. The normalized spacial score (nSPS) is 12.1. The zero-order chi connectivity index (χ0) is 13.1. The predicted octanol–water partition coefficient (Wildman–Crippen LogP) is 3.60. The van der Waals surface area contributed by atoms with Crippen molar-refractivity contribution in [2.45, 2.75) is 13.0 Å². The van der Waals surface area contributed by atoms with Crippen LogP contribution in [0.3, 0.4) is 0 Å². The van der Waals surface area contributed by atoms with Crippen LogP contribution in [-0.4, -0.2) is 11.0 Å². The lowest BCUT2D eigenvalue weighted by atomic mass is 10.2. The summed E-state index contributed by atoms with van der Waals surface area (Å²) in [5.74, 6) is -0.239. The molecule has 0 fully saturated rings. The lowest BCUT2D eigenvalue weighted by Crippen LogP contribution is -2.26. The number of aromatic hydroxyl groups is 1. The molecule has 2 N–H and O–H groups in total. The first-order valence-corrected chi connectivity index (χ1v) is 6.66. The lowest BCUT2D eigenvalue weighted by molar-refractivity contribution is 0.0940. The van der Waals surface area contributed by atoms with E-state index in [2.05, 4.69) is 5.32 Å². The van der Waals surface area contributed by atoms with E-state index in [1.54, 1.807) is 11.3 Å². The zero-order valence-electron chi connectivity index (χ0n) is 9.68. The van der Waals surface area contributed by atoms with E-state index in [9.17, 15) is 9.90 Å². The van der Waals surface area contributed by atoms with Gasteiger partial charge in [-0.2, -0.15) is 0 Å². The maximum atomic E-state index is 12.0. The molecule has 0 saturated heterocycles. The first-order chi connectivity index (χ1) is 8.58. The van der Waals surface area contributed by atoms with Gasteiger partial charge in [0.25, 0.3) is 5.91 Å². The van der Waals surface area contributed by atoms with Crippen LogP contribution in [0.5, 0.6) is 5.75 Å². The van der Waals surface area contributed by atoms with Crippen LogP contribution in [-0.2, 0) is 0 Å². The van der Waals surface area contributed by atoms with Crippen LogP contribution >= 0.6 is 22.9 Å². The second kappa shape index (κ2) is 5.42. The number of nitrogens with one attached hydrogen (secondary N) is 1.